The highest BCUT2D eigenvalue weighted by molar-refractivity contribution is 5.80. The first-order valence-corrected chi connectivity index (χ1v) is 6.73. The van der Waals surface area contributed by atoms with E-state index in [0.717, 1.165) is 25.7 Å². The van der Waals surface area contributed by atoms with Gasteiger partial charge < -0.3 is 9.84 Å². The first-order chi connectivity index (χ1) is 7.92. The van der Waals surface area contributed by atoms with E-state index in [9.17, 15) is 9.90 Å². The fourth-order valence-electron chi connectivity index (χ4n) is 2.96. The van der Waals surface area contributed by atoms with Crippen LogP contribution in [0.2, 0.25) is 0 Å². The van der Waals surface area contributed by atoms with Crippen LogP contribution in [0.3, 0.4) is 0 Å². The van der Waals surface area contributed by atoms with Crippen LogP contribution in [-0.4, -0.2) is 23.8 Å². The smallest absolute Gasteiger partial charge is 0.338 e. The molecule has 17 heavy (non-hydrogen) atoms. The van der Waals surface area contributed by atoms with E-state index in [4.69, 9.17) is 4.74 Å². The first kappa shape index (κ1) is 14.5. The van der Waals surface area contributed by atoms with Gasteiger partial charge in [0.2, 0.25) is 0 Å². The highest BCUT2D eigenvalue weighted by Crippen LogP contribution is 2.38. The van der Waals surface area contributed by atoms with Crippen LogP contribution in [-0.2, 0) is 9.53 Å². The lowest BCUT2D eigenvalue weighted by Crippen LogP contribution is -2.51. The Morgan fingerprint density at radius 1 is 1.29 bits per heavy atom. The summed E-state index contributed by atoms with van der Waals surface area (Å²) in [4.78, 5) is 11.9. The molecule has 3 unspecified atom stereocenters. The van der Waals surface area contributed by atoms with Gasteiger partial charge in [-0.3, -0.25) is 0 Å². The van der Waals surface area contributed by atoms with E-state index in [0.29, 0.717) is 5.92 Å². The highest BCUT2D eigenvalue weighted by Gasteiger charge is 2.47. The molecule has 0 radical (unpaired) electrons. The topological polar surface area (TPSA) is 46.5 Å². The molecule has 0 aromatic carbocycles. The van der Waals surface area contributed by atoms with Crippen molar-refractivity contribution in [2.24, 2.45) is 17.8 Å². The van der Waals surface area contributed by atoms with Crippen LogP contribution in [0.4, 0.5) is 0 Å². The summed E-state index contributed by atoms with van der Waals surface area (Å²) < 4.78 is 4.81. The molecular weight excluding hydrogens is 216 g/mol. The summed E-state index contributed by atoms with van der Waals surface area (Å²) in [5.41, 5.74) is -1.31. The van der Waals surface area contributed by atoms with E-state index >= 15 is 0 Å². The molecule has 0 spiro atoms. The summed E-state index contributed by atoms with van der Waals surface area (Å²) in [5, 5.41) is 10.7. The molecule has 3 nitrogen and oxygen atoms in total. The molecule has 0 aliphatic heterocycles. The van der Waals surface area contributed by atoms with Gasteiger partial charge in [0.15, 0.2) is 5.60 Å². The number of carbonyl (C=O) groups excluding carboxylic acids is 1. The fourth-order valence-corrected chi connectivity index (χ4v) is 2.96. The van der Waals surface area contributed by atoms with Crippen LogP contribution >= 0.6 is 0 Å². The second kappa shape index (κ2) is 5.85. The molecule has 1 N–H and O–H groups in total. The zero-order valence-corrected chi connectivity index (χ0v) is 11.5. The van der Waals surface area contributed by atoms with Gasteiger partial charge in [0.1, 0.15) is 0 Å². The number of carbonyl (C=O) groups is 1. The molecule has 3 heteroatoms. The Bertz CT molecular complexity index is 262. The number of rotatable bonds is 3. The predicted octanol–water partition coefficient (Wildman–Crippen LogP) is 2.76. The summed E-state index contributed by atoms with van der Waals surface area (Å²) in [6, 6.07) is 0. The molecule has 3 atom stereocenters. The van der Waals surface area contributed by atoms with Crippen LogP contribution in [0.25, 0.3) is 0 Å². The first-order valence-electron chi connectivity index (χ1n) is 6.73. The number of ether oxygens (including phenoxy) is 1. The molecule has 1 aliphatic rings. The van der Waals surface area contributed by atoms with Crippen molar-refractivity contribution in [1.29, 1.82) is 0 Å². The normalized spacial score (nSPS) is 29.5. The number of esters is 1. The molecule has 0 amide bonds. The Morgan fingerprint density at radius 2 is 1.94 bits per heavy atom. The van der Waals surface area contributed by atoms with Crippen LogP contribution in [0.1, 0.15) is 52.9 Å². The average Bonchev–Trinajstić information content (AvgIpc) is 2.51. The number of methoxy groups -OCH3 is 1. The molecule has 0 bridgehead atoms. The van der Waals surface area contributed by atoms with E-state index in [2.05, 4.69) is 6.92 Å². The Labute approximate surface area is 105 Å². The maximum absolute atomic E-state index is 11.9. The van der Waals surface area contributed by atoms with Gasteiger partial charge in [0, 0.05) is 0 Å². The number of hydrogen-bond acceptors (Lipinski definition) is 3. The Hall–Kier alpha value is -0.570. The molecule has 100 valence electrons. The predicted molar refractivity (Wildman–Crippen MR) is 67.5 cm³/mol. The van der Waals surface area contributed by atoms with Crippen molar-refractivity contribution in [1.82, 2.24) is 0 Å². The van der Waals surface area contributed by atoms with Gasteiger partial charge in [-0.05, 0) is 30.6 Å². The lowest BCUT2D eigenvalue weighted by atomic mass is 9.74. The minimum atomic E-state index is -1.31. The highest BCUT2D eigenvalue weighted by atomic mass is 16.5. The minimum Gasteiger partial charge on any atom is -0.467 e. The van der Waals surface area contributed by atoms with E-state index in [1.807, 2.05) is 13.8 Å². The van der Waals surface area contributed by atoms with Crippen molar-refractivity contribution in [3.8, 4) is 0 Å². The maximum Gasteiger partial charge on any atom is 0.338 e. The van der Waals surface area contributed by atoms with E-state index in [1.54, 1.807) is 0 Å². The second-order valence-corrected chi connectivity index (χ2v) is 5.78. The summed E-state index contributed by atoms with van der Waals surface area (Å²) in [7, 11) is 1.36. The molecule has 0 heterocycles. The zero-order chi connectivity index (χ0) is 13.1. The number of aliphatic hydroxyl groups is 1. The molecule has 0 aromatic rings. The molecule has 1 fully saturated rings. The standard InChI is InChI=1S/C14H26O3/c1-10(2)14(16,13(15)17-4)12-7-5-6-11(3)8-9-12/h10-12,16H,5-9H2,1-4H3. The monoisotopic (exact) mass is 242 g/mol. The van der Waals surface area contributed by atoms with Gasteiger partial charge in [-0.2, -0.15) is 0 Å². The third kappa shape index (κ3) is 3.01. The molecule has 0 aromatic heterocycles. The lowest BCUT2D eigenvalue weighted by molar-refractivity contribution is -0.176. The molecule has 0 saturated heterocycles. The average molecular weight is 242 g/mol. The summed E-state index contributed by atoms with van der Waals surface area (Å²) in [6.45, 7) is 6.03. The fraction of sp³-hybridized carbons (Fsp3) is 0.929. The Balaban J connectivity index is 2.86. The summed E-state index contributed by atoms with van der Waals surface area (Å²) >= 11 is 0. The van der Waals surface area contributed by atoms with Crippen molar-refractivity contribution in [2.75, 3.05) is 7.11 Å². The molecule has 1 rings (SSSR count). The zero-order valence-electron chi connectivity index (χ0n) is 11.5. The Morgan fingerprint density at radius 3 is 2.47 bits per heavy atom. The van der Waals surface area contributed by atoms with Gasteiger partial charge in [-0.15, -0.1) is 0 Å². The summed E-state index contributed by atoms with van der Waals surface area (Å²) in [5.74, 6) is 0.175. The van der Waals surface area contributed by atoms with Gasteiger partial charge in [0.25, 0.3) is 0 Å². The van der Waals surface area contributed by atoms with Crippen molar-refractivity contribution >= 4 is 5.97 Å². The van der Waals surface area contributed by atoms with Crippen molar-refractivity contribution in [2.45, 2.75) is 58.5 Å². The van der Waals surface area contributed by atoms with Crippen LogP contribution in [0.5, 0.6) is 0 Å². The third-order valence-corrected chi connectivity index (χ3v) is 4.27. The third-order valence-electron chi connectivity index (χ3n) is 4.27. The number of hydrogen-bond donors (Lipinski definition) is 1. The molecule has 1 saturated carbocycles. The van der Waals surface area contributed by atoms with Crippen LogP contribution in [0, 0.1) is 17.8 Å². The van der Waals surface area contributed by atoms with E-state index in [1.165, 1.54) is 13.5 Å². The largest absolute Gasteiger partial charge is 0.467 e. The lowest BCUT2D eigenvalue weighted by Gasteiger charge is -2.36. The SMILES string of the molecule is COC(=O)C(O)(C(C)C)C1CCCC(C)CC1. The Kier molecular flexibility index (Phi) is 4.99. The summed E-state index contributed by atoms with van der Waals surface area (Å²) in [6.07, 6.45) is 5.24. The quantitative estimate of drug-likeness (QED) is 0.611. The van der Waals surface area contributed by atoms with E-state index < -0.39 is 11.6 Å². The van der Waals surface area contributed by atoms with Crippen molar-refractivity contribution in [3.05, 3.63) is 0 Å². The molecular formula is C14H26O3. The second-order valence-electron chi connectivity index (χ2n) is 5.78. The van der Waals surface area contributed by atoms with Gasteiger partial charge in [-0.25, -0.2) is 4.79 Å². The van der Waals surface area contributed by atoms with Gasteiger partial charge in [-0.1, -0.05) is 40.0 Å². The van der Waals surface area contributed by atoms with Crippen molar-refractivity contribution < 1.29 is 14.6 Å². The van der Waals surface area contributed by atoms with Gasteiger partial charge >= 0.3 is 5.97 Å². The maximum atomic E-state index is 11.9. The minimum absolute atomic E-state index is 0.0416. The van der Waals surface area contributed by atoms with Crippen LogP contribution < -0.4 is 0 Å². The van der Waals surface area contributed by atoms with Crippen molar-refractivity contribution in [3.63, 3.8) is 0 Å². The molecule has 1 aliphatic carbocycles. The van der Waals surface area contributed by atoms with Gasteiger partial charge in [0.05, 0.1) is 7.11 Å². The van der Waals surface area contributed by atoms with E-state index in [-0.39, 0.29) is 11.8 Å². The van der Waals surface area contributed by atoms with Crippen LogP contribution in [0.15, 0.2) is 0 Å².